The van der Waals surface area contributed by atoms with Gasteiger partial charge >= 0.3 is 5.97 Å². The lowest BCUT2D eigenvalue weighted by molar-refractivity contribution is -0.160. The summed E-state index contributed by atoms with van der Waals surface area (Å²) in [6, 6.07) is 5.66. The van der Waals surface area contributed by atoms with Crippen molar-refractivity contribution in [3.05, 3.63) is 41.2 Å². The second-order valence-electron chi connectivity index (χ2n) is 6.90. The van der Waals surface area contributed by atoms with Crippen LogP contribution in [-0.4, -0.2) is 41.5 Å². The van der Waals surface area contributed by atoms with E-state index in [1.54, 1.807) is 31.4 Å². The highest BCUT2D eigenvalue weighted by molar-refractivity contribution is 7.13. The number of benzene rings is 1. The quantitative estimate of drug-likeness (QED) is 0.706. The van der Waals surface area contributed by atoms with Gasteiger partial charge in [0.05, 0.1) is 13.5 Å². The molecule has 0 aliphatic carbocycles. The van der Waals surface area contributed by atoms with Crippen LogP contribution in [0.1, 0.15) is 52.4 Å². The van der Waals surface area contributed by atoms with Gasteiger partial charge < -0.3 is 4.74 Å². The van der Waals surface area contributed by atoms with Crippen molar-refractivity contribution >= 4 is 17.3 Å². The number of hydrogen-bond donors (Lipinski definition) is 0. The zero-order valence-electron chi connectivity index (χ0n) is 24.8. The highest BCUT2D eigenvalue weighted by Crippen LogP contribution is 2.34. The third-order valence-electron chi connectivity index (χ3n) is 4.28. The maximum Gasteiger partial charge on any atom is 0.307 e. The van der Waals surface area contributed by atoms with Crippen LogP contribution in [0, 0.1) is 11.7 Å². The summed E-state index contributed by atoms with van der Waals surface area (Å²) in [6.45, 7) is -4.13. The molecule has 0 spiro atoms. The van der Waals surface area contributed by atoms with Crippen LogP contribution in [0.15, 0.2) is 29.6 Å². The predicted molar refractivity (Wildman–Crippen MR) is 104 cm³/mol. The van der Waals surface area contributed by atoms with E-state index in [4.69, 9.17) is 18.4 Å². The Morgan fingerprint density at radius 3 is 3.00 bits per heavy atom. The molecule has 3 aliphatic rings. The molecular formula is C21H25FN2O2S. The lowest BCUT2D eigenvalue weighted by atomic mass is 9.85. The average molecular weight is 399 g/mol. The topological polar surface area (TPSA) is 42.4 Å². The number of halogens is 1. The molecule has 144 valence electrons. The molecule has 4 heterocycles. The van der Waals surface area contributed by atoms with E-state index in [9.17, 15) is 9.18 Å². The van der Waals surface area contributed by atoms with Gasteiger partial charge in [0.15, 0.2) is 0 Å². The van der Waals surface area contributed by atoms with Crippen LogP contribution in [0.25, 0.3) is 10.6 Å². The first-order chi connectivity index (χ1) is 16.7. The van der Waals surface area contributed by atoms with Crippen molar-refractivity contribution in [3.8, 4) is 10.6 Å². The number of ether oxygens (including phenoxy) is 1. The highest BCUT2D eigenvalue weighted by Gasteiger charge is 2.37. The largest absolute Gasteiger partial charge is 0.461 e. The van der Waals surface area contributed by atoms with Gasteiger partial charge in [-0.1, -0.05) is 13.8 Å². The summed E-state index contributed by atoms with van der Waals surface area (Å²) >= 11 is 1.25. The van der Waals surface area contributed by atoms with Crippen molar-refractivity contribution in [1.29, 1.82) is 0 Å². The Labute approximate surface area is 177 Å². The summed E-state index contributed by atoms with van der Waals surface area (Å²) in [7, 11) is 0. The van der Waals surface area contributed by atoms with Crippen molar-refractivity contribution in [2.45, 2.75) is 44.5 Å². The smallest absolute Gasteiger partial charge is 0.307 e. The SMILES string of the molecule is [2H]C1([2H])CN2C([2H])([2H])C([2H])([2H])C1([2H])[C@]([2H])(OC(=O)CC(C)(C)c1csc(-c3ccc(F)cc3)n1)C2([2H])[2H]. The molecular weight excluding hydrogens is 363 g/mol. The van der Waals surface area contributed by atoms with E-state index < -0.39 is 67.9 Å². The van der Waals surface area contributed by atoms with Gasteiger partial charge in [0, 0.05) is 35.2 Å². The van der Waals surface area contributed by atoms with Gasteiger partial charge in [-0.05, 0) is 55.9 Å². The molecule has 2 bridgehead atoms. The van der Waals surface area contributed by atoms with Crippen LogP contribution in [0.3, 0.4) is 0 Å². The van der Waals surface area contributed by atoms with Crippen molar-refractivity contribution in [2.24, 2.45) is 5.89 Å². The van der Waals surface area contributed by atoms with E-state index in [2.05, 4.69) is 4.98 Å². The fraction of sp³-hybridized carbons (Fsp3) is 0.524. The standard InChI is InChI=1S/C21H25FN2O2S/c1-21(2,11-19(25)26-17-12-24-9-7-14(17)8-10-24)18-13-27-20(23-18)15-3-5-16(22)6-4-15/h3-6,13-14,17H,7-12H2,1-2H3/t17-/m1/s1/i7D2,8D2,9D2,12D2,14D,17D/t14?,17-. The summed E-state index contributed by atoms with van der Waals surface area (Å²) in [4.78, 5) is 17.8. The van der Waals surface area contributed by atoms with E-state index in [0.717, 1.165) is 0 Å². The van der Waals surface area contributed by atoms with Crippen molar-refractivity contribution in [1.82, 2.24) is 9.88 Å². The fourth-order valence-electron chi connectivity index (χ4n) is 2.73. The molecule has 2 aromatic rings. The molecule has 3 atom stereocenters. The lowest BCUT2D eigenvalue weighted by Crippen LogP contribution is -2.52. The number of thiazole rings is 1. The monoisotopic (exact) mass is 398 g/mol. The molecule has 1 aromatic carbocycles. The summed E-state index contributed by atoms with van der Waals surface area (Å²) in [5.41, 5.74) is 0.0499. The van der Waals surface area contributed by atoms with Gasteiger partial charge in [0.2, 0.25) is 0 Å². The number of aromatic nitrogens is 1. The number of fused-ring (bicyclic) bond motifs is 3. The van der Waals surface area contributed by atoms with Crippen LogP contribution in [0.2, 0.25) is 0 Å². The Morgan fingerprint density at radius 1 is 1.44 bits per heavy atom. The number of esters is 1. The molecule has 1 aromatic heterocycles. The molecule has 4 nitrogen and oxygen atoms in total. The average Bonchev–Trinajstić information content (AvgIpc) is 3.26. The van der Waals surface area contributed by atoms with E-state index in [0.29, 0.717) is 16.3 Å². The molecule has 3 saturated heterocycles. The molecule has 6 heteroatoms. The number of carbonyl (C=O) groups is 1. The number of nitrogens with zero attached hydrogens (tertiary/aromatic N) is 2. The Balaban J connectivity index is 1.64. The first-order valence-electron chi connectivity index (χ1n) is 13.4. The normalized spacial score (nSPS) is 43.1. The Bertz CT molecular complexity index is 1240. The van der Waals surface area contributed by atoms with Crippen LogP contribution < -0.4 is 0 Å². The number of piperidine rings is 3. The summed E-state index contributed by atoms with van der Waals surface area (Å²) in [5.74, 6) is -5.06. The number of rotatable bonds is 5. The number of carbonyl (C=O) groups excluding carboxylic acids is 1. The first kappa shape index (κ1) is 10.1. The molecule has 0 saturated carbocycles. The fourth-order valence-corrected chi connectivity index (χ4v) is 3.75. The first-order valence-corrected chi connectivity index (χ1v) is 9.25. The molecule has 5 rings (SSSR count). The van der Waals surface area contributed by atoms with Gasteiger partial charge in [0.25, 0.3) is 0 Å². The third kappa shape index (κ3) is 4.06. The van der Waals surface area contributed by atoms with E-state index in [1.165, 1.54) is 23.5 Å². The van der Waals surface area contributed by atoms with Gasteiger partial charge in [-0.3, -0.25) is 9.69 Å². The second kappa shape index (κ2) is 7.32. The van der Waals surface area contributed by atoms with Gasteiger partial charge in [0.1, 0.15) is 16.9 Å². The molecule has 3 aliphatic heterocycles. The van der Waals surface area contributed by atoms with Crippen molar-refractivity contribution in [2.75, 3.05) is 19.5 Å². The minimum Gasteiger partial charge on any atom is -0.461 e. The summed E-state index contributed by atoms with van der Waals surface area (Å²) in [5, 5.41) is 2.23. The van der Waals surface area contributed by atoms with Crippen LogP contribution in [-0.2, 0) is 14.9 Å². The molecule has 27 heavy (non-hydrogen) atoms. The summed E-state index contributed by atoms with van der Waals surface area (Å²) < 4.78 is 102. The van der Waals surface area contributed by atoms with Crippen molar-refractivity contribution in [3.63, 3.8) is 0 Å². The number of hydrogen-bond acceptors (Lipinski definition) is 5. The second-order valence-corrected chi connectivity index (χ2v) is 7.75. The zero-order valence-corrected chi connectivity index (χ0v) is 15.6. The van der Waals surface area contributed by atoms with Gasteiger partial charge in [-0.2, -0.15) is 0 Å². The minimum absolute atomic E-state index is 0.192. The Kier molecular flexibility index (Phi) is 2.74. The minimum atomic E-state index is -3.45. The maximum atomic E-state index is 13.2. The van der Waals surface area contributed by atoms with E-state index in [1.807, 2.05) is 0 Å². The van der Waals surface area contributed by atoms with Crippen LogP contribution >= 0.6 is 11.3 Å². The van der Waals surface area contributed by atoms with Gasteiger partial charge in [-0.25, -0.2) is 9.37 Å². The Hall–Kier alpha value is -1.79. The molecule has 0 N–H and O–H groups in total. The van der Waals surface area contributed by atoms with Crippen LogP contribution in [0.5, 0.6) is 0 Å². The third-order valence-corrected chi connectivity index (χ3v) is 5.18. The van der Waals surface area contributed by atoms with Crippen LogP contribution in [0.4, 0.5) is 4.39 Å². The van der Waals surface area contributed by atoms with Gasteiger partial charge in [-0.15, -0.1) is 11.3 Å². The summed E-state index contributed by atoms with van der Waals surface area (Å²) in [6.07, 6.45) is -10.3. The van der Waals surface area contributed by atoms with E-state index in [-0.39, 0.29) is 4.90 Å². The van der Waals surface area contributed by atoms with Crippen molar-refractivity contribution < 1.29 is 27.6 Å². The molecule has 0 radical (unpaired) electrons. The molecule has 2 unspecified atom stereocenters. The predicted octanol–water partition coefficient (Wildman–Crippen LogP) is 4.25. The molecule has 3 fully saturated rings. The van der Waals surface area contributed by atoms with E-state index >= 15 is 0 Å². The lowest BCUT2D eigenvalue weighted by Gasteiger charge is -2.44. The maximum absolute atomic E-state index is 13.2. The zero-order chi connectivity index (χ0) is 28.0. The molecule has 0 amide bonds. The highest BCUT2D eigenvalue weighted by atomic mass is 32.1. The Morgan fingerprint density at radius 2 is 2.22 bits per heavy atom.